The highest BCUT2D eigenvalue weighted by Gasteiger charge is 3.06. The Kier molecular flexibility index (Phi) is 2.74. The third-order valence-corrected chi connectivity index (χ3v) is 10.9. The molecule has 0 aromatic heterocycles. The van der Waals surface area contributed by atoms with Crippen molar-refractivity contribution >= 4 is 16.4 Å². The molecule has 9 atom stereocenters. The molecule has 5 heterocycles. The van der Waals surface area contributed by atoms with Crippen LogP contribution < -0.4 is 0 Å². The van der Waals surface area contributed by atoms with Crippen LogP contribution in [0.15, 0.2) is 11.1 Å². The fourth-order valence-corrected chi connectivity index (χ4v) is 9.78. The van der Waals surface area contributed by atoms with Crippen LogP contribution in [-0.4, -0.2) is 68.3 Å². The van der Waals surface area contributed by atoms with Gasteiger partial charge in [-0.2, -0.15) is 8.42 Å². The predicted octanol–water partition coefficient (Wildman–Crippen LogP) is 0.773. The van der Waals surface area contributed by atoms with Crippen molar-refractivity contribution in [3.8, 4) is 0 Å². The normalized spacial score (nSPS) is 61.1. The van der Waals surface area contributed by atoms with Gasteiger partial charge in [0.1, 0.15) is 36.6 Å². The zero-order chi connectivity index (χ0) is 21.4. The molecule has 168 valence electrons. The molecule has 4 saturated heterocycles. The quantitative estimate of drug-likeness (QED) is 0.420. The maximum absolute atomic E-state index is 12.5. The number of epoxide rings is 3. The van der Waals surface area contributed by atoms with Crippen LogP contribution in [0.4, 0.5) is 0 Å². The second-order valence-electron chi connectivity index (χ2n) is 11.0. The summed E-state index contributed by atoms with van der Waals surface area (Å²) in [5.74, 6) is -0.142. The van der Waals surface area contributed by atoms with Gasteiger partial charge in [0.25, 0.3) is 0 Å². The minimum absolute atomic E-state index is 0.0112. The van der Waals surface area contributed by atoms with Crippen LogP contribution in [0.25, 0.3) is 0 Å². The molecule has 5 aliphatic heterocycles. The molecule has 2 unspecified atom stereocenters. The van der Waals surface area contributed by atoms with E-state index in [1.54, 1.807) is 0 Å². The SMILES string of the molecule is CC(C)[C@]12O[C@H]1[C@@H]1OC13C1(O[C@H]1C[C@H]1C4=C(CC[C@@]13C)C(=O)OC4)[C@]21COS(=O)(=O)O1. The van der Waals surface area contributed by atoms with Crippen molar-refractivity contribution in [2.75, 3.05) is 13.2 Å². The number of hydrogen-bond acceptors (Lipinski definition) is 9. The van der Waals surface area contributed by atoms with Crippen molar-refractivity contribution in [3.63, 3.8) is 0 Å². The molecule has 31 heavy (non-hydrogen) atoms. The van der Waals surface area contributed by atoms with Crippen molar-refractivity contribution in [3.05, 3.63) is 11.1 Å². The first kappa shape index (κ1) is 18.4. The topological polar surface area (TPSA) is 116 Å². The Labute approximate surface area is 179 Å². The summed E-state index contributed by atoms with van der Waals surface area (Å²) in [7, 11) is -4.16. The fraction of sp³-hybridized carbons (Fsp3) is 0.857. The summed E-state index contributed by atoms with van der Waals surface area (Å²) in [4.78, 5) is 12.2. The molecule has 9 nitrogen and oxygen atoms in total. The van der Waals surface area contributed by atoms with Crippen LogP contribution in [0.2, 0.25) is 0 Å². The van der Waals surface area contributed by atoms with Crippen LogP contribution in [-0.2, 0) is 42.5 Å². The predicted molar refractivity (Wildman–Crippen MR) is 99.8 cm³/mol. The van der Waals surface area contributed by atoms with Crippen LogP contribution in [0.1, 0.15) is 40.0 Å². The van der Waals surface area contributed by atoms with E-state index in [1.807, 2.05) is 13.8 Å². The summed E-state index contributed by atoms with van der Waals surface area (Å²) in [6, 6.07) is 0. The molecule has 10 heteroatoms. The summed E-state index contributed by atoms with van der Waals surface area (Å²) in [6.45, 7) is 6.43. The van der Waals surface area contributed by atoms with Gasteiger partial charge in [-0.05, 0) is 36.7 Å². The van der Waals surface area contributed by atoms with Crippen molar-refractivity contribution in [2.45, 2.75) is 80.7 Å². The molecule has 0 aromatic rings. The molecule has 2 saturated carbocycles. The molecule has 8 rings (SSSR count). The van der Waals surface area contributed by atoms with E-state index >= 15 is 0 Å². The van der Waals surface area contributed by atoms with E-state index in [0.29, 0.717) is 19.4 Å². The van der Waals surface area contributed by atoms with Crippen molar-refractivity contribution in [2.24, 2.45) is 17.3 Å². The second-order valence-corrected chi connectivity index (χ2v) is 12.2. The van der Waals surface area contributed by atoms with E-state index in [1.165, 1.54) is 0 Å². The molecule has 6 fully saturated rings. The van der Waals surface area contributed by atoms with E-state index in [0.717, 1.165) is 17.6 Å². The molecule has 0 N–H and O–H groups in total. The average Bonchev–Trinajstić information content (AvgIpc) is 3.60. The molecular formula is C21H24O9S. The molecule has 0 bridgehead atoms. The van der Waals surface area contributed by atoms with E-state index < -0.39 is 32.8 Å². The largest absolute Gasteiger partial charge is 0.458 e. The smallest absolute Gasteiger partial charge is 0.400 e. The van der Waals surface area contributed by atoms with Gasteiger partial charge in [0.15, 0.2) is 11.2 Å². The van der Waals surface area contributed by atoms with Gasteiger partial charge in [0.2, 0.25) is 0 Å². The van der Waals surface area contributed by atoms with Gasteiger partial charge < -0.3 is 18.9 Å². The maximum Gasteiger partial charge on any atom is 0.400 e. The Morgan fingerprint density at radius 2 is 1.90 bits per heavy atom. The van der Waals surface area contributed by atoms with Gasteiger partial charge in [0.05, 0.1) is 6.10 Å². The first-order valence-corrected chi connectivity index (χ1v) is 12.5. The van der Waals surface area contributed by atoms with Gasteiger partial charge in [-0.15, -0.1) is 0 Å². The molecule has 0 aromatic carbocycles. The van der Waals surface area contributed by atoms with E-state index in [9.17, 15) is 13.2 Å². The Morgan fingerprint density at radius 3 is 2.61 bits per heavy atom. The van der Waals surface area contributed by atoms with Crippen LogP contribution in [0.3, 0.4) is 0 Å². The lowest BCUT2D eigenvalue weighted by Gasteiger charge is -2.56. The molecule has 0 amide bonds. The molecule has 3 aliphatic carbocycles. The number of esters is 1. The first-order valence-electron chi connectivity index (χ1n) is 11.1. The standard InChI is InChI=1S/C21H24O9S/c1-9(2)19-14(28-19)15-21(29-15)17(3)5-4-10-11(7-25-16(10)22)12(17)6-13-20(21,27-13)18(19)8-26-31(23,24)30-18/h9,12-15H,4-8H2,1-3H3/t12-,13-,14-,15-,17-,18-,19-,20?,21?/m0/s1. The lowest BCUT2D eigenvalue weighted by Crippen LogP contribution is -2.76. The van der Waals surface area contributed by atoms with Crippen LogP contribution >= 0.6 is 0 Å². The third kappa shape index (κ3) is 1.51. The molecular weight excluding hydrogens is 428 g/mol. The summed E-state index contributed by atoms with van der Waals surface area (Å²) in [5, 5.41) is 0. The number of fused-ring (bicyclic) bond motifs is 5. The lowest BCUT2D eigenvalue weighted by atomic mass is 9.44. The summed E-state index contributed by atoms with van der Waals surface area (Å²) in [6.07, 6.45) is 1.33. The van der Waals surface area contributed by atoms with Gasteiger partial charge in [-0.25, -0.2) is 13.2 Å². The van der Waals surface area contributed by atoms with Crippen molar-refractivity contribution in [1.29, 1.82) is 0 Å². The van der Waals surface area contributed by atoms with E-state index in [-0.39, 0.29) is 48.1 Å². The van der Waals surface area contributed by atoms with E-state index in [2.05, 4.69) is 6.92 Å². The number of rotatable bonds is 1. The van der Waals surface area contributed by atoms with Gasteiger partial charge >= 0.3 is 16.4 Å². The Morgan fingerprint density at radius 1 is 1.10 bits per heavy atom. The van der Waals surface area contributed by atoms with Gasteiger partial charge in [-0.1, -0.05) is 20.8 Å². The monoisotopic (exact) mass is 452 g/mol. The molecule has 3 spiro atoms. The number of hydrogen-bond donors (Lipinski definition) is 0. The van der Waals surface area contributed by atoms with E-state index in [4.69, 9.17) is 27.3 Å². The van der Waals surface area contributed by atoms with Crippen molar-refractivity contribution in [1.82, 2.24) is 0 Å². The number of cyclic esters (lactones) is 1. The summed E-state index contributed by atoms with van der Waals surface area (Å²) >= 11 is 0. The van der Waals surface area contributed by atoms with Gasteiger partial charge in [-0.3, -0.25) is 0 Å². The highest BCUT2D eigenvalue weighted by molar-refractivity contribution is 7.82. The highest BCUT2D eigenvalue weighted by atomic mass is 32.3. The first-order chi connectivity index (χ1) is 14.6. The van der Waals surface area contributed by atoms with Crippen LogP contribution in [0.5, 0.6) is 0 Å². The number of ether oxygens (including phenoxy) is 4. The Bertz CT molecular complexity index is 1130. The number of carbonyl (C=O) groups is 1. The maximum atomic E-state index is 12.5. The summed E-state index contributed by atoms with van der Waals surface area (Å²) < 4.78 is 60.9. The second kappa shape index (κ2) is 4.63. The Hall–Kier alpha value is -1.04. The molecule has 0 radical (unpaired) electrons. The van der Waals surface area contributed by atoms with Crippen LogP contribution in [0, 0.1) is 17.3 Å². The third-order valence-electron chi connectivity index (χ3n) is 10.0. The fourth-order valence-electron chi connectivity index (χ4n) is 8.77. The summed E-state index contributed by atoms with van der Waals surface area (Å²) in [5.41, 5.74) is -2.27. The highest BCUT2D eigenvalue weighted by Crippen LogP contribution is 2.86. The van der Waals surface area contributed by atoms with Gasteiger partial charge in [0, 0.05) is 11.0 Å². The minimum atomic E-state index is -4.16. The zero-order valence-corrected chi connectivity index (χ0v) is 18.3. The minimum Gasteiger partial charge on any atom is -0.458 e. The average molecular weight is 452 g/mol. The van der Waals surface area contributed by atoms with Crippen molar-refractivity contribution < 1.29 is 40.5 Å². The zero-order valence-electron chi connectivity index (χ0n) is 17.5. The lowest BCUT2D eigenvalue weighted by molar-refractivity contribution is -0.143. The molecule has 8 aliphatic rings. The Balaban J connectivity index is 1.35. The number of carbonyl (C=O) groups excluding carboxylic acids is 1.